The topological polar surface area (TPSA) is 53.3 Å². The summed E-state index contributed by atoms with van der Waals surface area (Å²) in [5.74, 6) is -0.0584. The number of fused-ring (bicyclic) bond motifs is 1. The maximum atomic E-state index is 11.7. The summed E-state index contributed by atoms with van der Waals surface area (Å²) in [6, 6.07) is 18.0. The highest BCUT2D eigenvalue weighted by molar-refractivity contribution is 5.73. The van der Waals surface area contributed by atoms with Gasteiger partial charge in [-0.15, -0.1) is 0 Å². The molecule has 1 aliphatic heterocycles. The average Bonchev–Trinajstić information content (AvgIpc) is 2.93. The summed E-state index contributed by atoms with van der Waals surface area (Å²) >= 11 is 0. The van der Waals surface area contributed by atoms with E-state index in [4.69, 9.17) is 4.74 Å². The van der Waals surface area contributed by atoms with E-state index in [1.165, 1.54) is 12.7 Å². The Hall–Kier alpha value is -2.80. The molecule has 1 aliphatic rings. The Morgan fingerprint density at radius 3 is 2.78 bits per heavy atom. The van der Waals surface area contributed by atoms with Crippen LogP contribution in [-0.2, 0) is 16.1 Å². The SMILES string of the molecule is COC(=O)CC1CN(Cc2ccccc2C#N)c2ccccc21. The molecule has 2 aromatic rings. The van der Waals surface area contributed by atoms with Crippen LogP contribution in [0.15, 0.2) is 48.5 Å². The second-order valence-electron chi connectivity index (χ2n) is 5.69. The molecule has 4 nitrogen and oxygen atoms in total. The summed E-state index contributed by atoms with van der Waals surface area (Å²) in [4.78, 5) is 13.9. The molecule has 116 valence electrons. The van der Waals surface area contributed by atoms with Crippen molar-refractivity contribution in [3.05, 3.63) is 65.2 Å². The van der Waals surface area contributed by atoms with E-state index in [0.717, 1.165) is 17.8 Å². The lowest BCUT2D eigenvalue weighted by Crippen LogP contribution is -2.22. The van der Waals surface area contributed by atoms with Gasteiger partial charge in [0, 0.05) is 24.7 Å². The predicted molar refractivity (Wildman–Crippen MR) is 88.0 cm³/mol. The smallest absolute Gasteiger partial charge is 0.306 e. The maximum absolute atomic E-state index is 11.7. The van der Waals surface area contributed by atoms with Gasteiger partial charge in [-0.05, 0) is 23.3 Å². The van der Waals surface area contributed by atoms with Crippen molar-refractivity contribution in [1.82, 2.24) is 0 Å². The number of rotatable bonds is 4. The van der Waals surface area contributed by atoms with E-state index in [2.05, 4.69) is 23.1 Å². The van der Waals surface area contributed by atoms with Crippen LogP contribution in [0.1, 0.15) is 29.0 Å². The molecule has 2 aromatic carbocycles. The molecule has 0 N–H and O–H groups in total. The Bertz CT molecular complexity index is 764. The summed E-state index contributed by atoms with van der Waals surface area (Å²) in [6.07, 6.45) is 0.379. The highest BCUT2D eigenvalue weighted by atomic mass is 16.5. The number of nitrogens with zero attached hydrogens (tertiary/aromatic N) is 2. The standard InChI is InChI=1S/C19H18N2O2/c1-23-19(22)10-16-13-21(18-9-5-4-8-17(16)18)12-15-7-3-2-6-14(15)11-20/h2-9,16H,10,12-13H2,1H3. The van der Waals surface area contributed by atoms with Gasteiger partial charge in [-0.1, -0.05) is 36.4 Å². The number of esters is 1. The molecular weight excluding hydrogens is 288 g/mol. The van der Waals surface area contributed by atoms with Crippen molar-refractivity contribution >= 4 is 11.7 Å². The van der Waals surface area contributed by atoms with Crippen molar-refractivity contribution in [3.8, 4) is 6.07 Å². The second kappa shape index (κ2) is 6.53. The van der Waals surface area contributed by atoms with Crippen LogP contribution in [0.2, 0.25) is 0 Å². The van der Waals surface area contributed by atoms with E-state index in [1.807, 2.05) is 36.4 Å². The van der Waals surface area contributed by atoms with E-state index < -0.39 is 0 Å². The minimum atomic E-state index is -0.191. The number of carbonyl (C=O) groups excluding carboxylic acids is 1. The number of benzene rings is 2. The molecule has 0 fully saturated rings. The molecule has 0 radical (unpaired) electrons. The fourth-order valence-electron chi connectivity index (χ4n) is 3.17. The van der Waals surface area contributed by atoms with Crippen molar-refractivity contribution in [1.29, 1.82) is 5.26 Å². The second-order valence-corrected chi connectivity index (χ2v) is 5.69. The Labute approximate surface area is 135 Å². The minimum Gasteiger partial charge on any atom is -0.469 e. The van der Waals surface area contributed by atoms with Gasteiger partial charge in [0.25, 0.3) is 0 Å². The van der Waals surface area contributed by atoms with Crippen LogP contribution in [0.3, 0.4) is 0 Å². The quantitative estimate of drug-likeness (QED) is 0.814. The molecular formula is C19H18N2O2. The van der Waals surface area contributed by atoms with Gasteiger partial charge in [-0.3, -0.25) is 4.79 Å². The number of ether oxygens (including phenoxy) is 1. The summed E-state index contributed by atoms with van der Waals surface area (Å²) < 4.78 is 4.82. The third-order valence-electron chi connectivity index (χ3n) is 4.30. The van der Waals surface area contributed by atoms with E-state index in [1.54, 1.807) is 0 Å². The monoisotopic (exact) mass is 306 g/mol. The Morgan fingerprint density at radius 1 is 1.26 bits per heavy atom. The zero-order chi connectivity index (χ0) is 16.2. The van der Waals surface area contributed by atoms with Crippen molar-refractivity contribution in [2.24, 2.45) is 0 Å². The maximum Gasteiger partial charge on any atom is 0.306 e. The zero-order valence-electron chi connectivity index (χ0n) is 13.0. The van der Waals surface area contributed by atoms with Gasteiger partial charge in [-0.2, -0.15) is 5.26 Å². The Kier molecular flexibility index (Phi) is 4.29. The van der Waals surface area contributed by atoms with E-state index in [-0.39, 0.29) is 11.9 Å². The van der Waals surface area contributed by atoms with Crippen molar-refractivity contribution in [3.63, 3.8) is 0 Å². The fraction of sp³-hybridized carbons (Fsp3) is 0.263. The number of methoxy groups -OCH3 is 1. The average molecular weight is 306 g/mol. The molecule has 3 rings (SSSR count). The molecule has 0 aromatic heterocycles. The van der Waals surface area contributed by atoms with Crippen LogP contribution in [-0.4, -0.2) is 19.6 Å². The lowest BCUT2D eigenvalue weighted by atomic mass is 9.98. The third kappa shape index (κ3) is 3.04. The van der Waals surface area contributed by atoms with E-state index >= 15 is 0 Å². The van der Waals surface area contributed by atoms with Gasteiger partial charge >= 0.3 is 5.97 Å². The van der Waals surface area contributed by atoms with Gasteiger partial charge in [0.2, 0.25) is 0 Å². The zero-order valence-corrected chi connectivity index (χ0v) is 13.0. The number of carbonyl (C=O) groups is 1. The largest absolute Gasteiger partial charge is 0.469 e. The molecule has 0 saturated heterocycles. The molecule has 0 amide bonds. The van der Waals surface area contributed by atoms with Gasteiger partial charge in [0.1, 0.15) is 0 Å². The summed E-state index contributed by atoms with van der Waals surface area (Å²) in [6.45, 7) is 1.42. The minimum absolute atomic E-state index is 0.132. The summed E-state index contributed by atoms with van der Waals surface area (Å²) in [7, 11) is 1.42. The molecule has 0 bridgehead atoms. The molecule has 1 atom stereocenters. The van der Waals surface area contributed by atoms with Gasteiger partial charge in [0.15, 0.2) is 0 Å². The molecule has 0 aliphatic carbocycles. The molecule has 0 spiro atoms. The molecule has 0 saturated carbocycles. The van der Waals surface area contributed by atoms with Gasteiger partial charge in [0.05, 0.1) is 25.2 Å². The number of para-hydroxylation sites is 1. The Balaban J connectivity index is 1.87. The molecule has 1 heterocycles. The van der Waals surface area contributed by atoms with Crippen molar-refractivity contribution in [2.75, 3.05) is 18.6 Å². The predicted octanol–water partition coefficient (Wildman–Crippen LogP) is 3.23. The highest BCUT2D eigenvalue weighted by Crippen LogP contribution is 2.39. The Morgan fingerprint density at radius 2 is 2.00 bits per heavy atom. The van der Waals surface area contributed by atoms with Crippen LogP contribution < -0.4 is 4.90 Å². The lowest BCUT2D eigenvalue weighted by Gasteiger charge is -2.20. The summed E-state index contributed by atoms with van der Waals surface area (Å²) in [5, 5.41) is 9.26. The molecule has 23 heavy (non-hydrogen) atoms. The first-order valence-corrected chi connectivity index (χ1v) is 7.61. The van der Waals surface area contributed by atoms with E-state index in [0.29, 0.717) is 18.5 Å². The third-order valence-corrected chi connectivity index (χ3v) is 4.30. The van der Waals surface area contributed by atoms with Gasteiger partial charge < -0.3 is 9.64 Å². The first kappa shape index (κ1) is 15.1. The highest BCUT2D eigenvalue weighted by Gasteiger charge is 2.30. The summed E-state index contributed by atoms with van der Waals surface area (Å²) in [5.41, 5.74) is 4.01. The van der Waals surface area contributed by atoms with Crippen molar-refractivity contribution in [2.45, 2.75) is 18.9 Å². The number of anilines is 1. The number of hydrogen-bond donors (Lipinski definition) is 0. The fourth-order valence-corrected chi connectivity index (χ4v) is 3.17. The lowest BCUT2D eigenvalue weighted by molar-refractivity contribution is -0.141. The van der Waals surface area contributed by atoms with Gasteiger partial charge in [-0.25, -0.2) is 0 Å². The van der Waals surface area contributed by atoms with E-state index in [9.17, 15) is 10.1 Å². The van der Waals surface area contributed by atoms with Crippen LogP contribution in [0.5, 0.6) is 0 Å². The molecule has 1 unspecified atom stereocenters. The van der Waals surface area contributed by atoms with Crippen LogP contribution >= 0.6 is 0 Å². The first-order chi connectivity index (χ1) is 11.2. The number of nitriles is 1. The van der Waals surface area contributed by atoms with Crippen LogP contribution in [0.25, 0.3) is 0 Å². The number of hydrogen-bond acceptors (Lipinski definition) is 4. The normalized spacial score (nSPS) is 15.8. The van der Waals surface area contributed by atoms with Crippen molar-refractivity contribution < 1.29 is 9.53 Å². The van der Waals surface area contributed by atoms with Crippen LogP contribution in [0.4, 0.5) is 5.69 Å². The molecule has 4 heteroatoms. The first-order valence-electron chi connectivity index (χ1n) is 7.61. The van der Waals surface area contributed by atoms with Crippen LogP contribution in [0, 0.1) is 11.3 Å².